The number of aliphatic carboxylic acids is 1. The summed E-state index contributed by atoms with van der Waals surface area (Å²) in [7, 11) is 0. The zero-order valence-electron chi connectivity index (χ0n) is 24.0. The minimum Gasteiger partial charge on any atom is -0.481 e. The zero-order valence-corrected chi connectivity index (χ0v) is 25.6. The van der Waals surface area contributed by atoms with Crippen LogP contribution in [0.4, 0.5) is 24.5 Å². The number of carboxylic acids is 1. The van der Waals surface area contributed by atoms with Crippen LogP contribution in [0, 0.1) is 10.1 Å². The van der Waals surface area contributed by atoms with Gasteiger partial charge in [-0.15, -0.1) is 0 Å². The summed E-state index contributed by atoms with van der Waals surface area (Å²) in [6, 6.07) is 16.9. The second kappa shape index (κ2) is 15.0. The molecule has 0 heterocycles. The van der Waals surface area contributed by atoms with Gasteiger partial charge in [0.25, 0.3) is 12.5 Å². The number of hydrogen-bond donors (Lipinski definition) is 2. The van der Waals surface area contributed by atoms with Crippen molar-refractivity contribution < 1.29 is 32.8 Å². The molecule has 45 heavy (non-hydrogen) atoms. The average molecular weight is 688 g/mol. The first-order valence-electron chi connectivity index (χ1n) is 14.1. The molecule has 9 nitrogen and oxygen atoms in total. The van der Waals surface area contributed by atoms with Crippen LogP contribution in [0.15, 0.2) is 82.3 Å². The Balaban J connectivity index is 1.72. The predicted octanol–water partition coefficient (Wildman–Crippen LogP) is 7.64. The minimum atomic E-state index is -4.65. The molecule has 2 N–H and O–H groups in total. The monoisotopic (exact) mass is 686 g/mol. The van der Waals surface area contributed by atoms with Crippen molar-refractivity contribution >= 4 is 50.6 Å². The molecule has 3 aromatic carbocycles. The largest absolute Gasteiger partial charge is 0.481 e. The van der Waals surface area contributed by atoms with Gasteiger partial charge in [0.2, 0.25) is 0 Å². The molecule has 0 aromatic heterocycles. The van der Waals surface area contributed by atoms with E-state index in [1.165, 1.54) is 23.8 Å². The Kier molecular flexibility index (Phi) is 11.1. The van der Waals surface area contributed by atoms with E-state index in [2.05, 4.69) is 32.3 Å². The molecule has 0 saturated carbocycles. The van der Waals surface area contributed by atoms with Gasteiger partial charge >= 0.3 is 12.1 Å². The van der Waals surface area contributed by atoms with Crippen LogP contribution in [0.25, 0.3) is 5.57 Å². The topological polar surface area (TPSA) is 125 Å². The van der Waals surface area contributed by atoms with Crippen LogP contribution < -0.4 is 10.2 Å². The number of amides is 1. The molecule has 0 fully saturated rings. The lowest BCUT2D eigenvalue weighted by Gasteiger charge is -2.25. The van der Waals surface area contributed by atoms with Crippen molar-refractivity contribution in [3.8, 4) is 0 Å². The number of anilines is 1. The lowest BCUT2D eigenvalue weighted by Crippen LogP contribution is -2.35. The van der Waals surface area contributed by atoms with E-state index in [0.717, 1.165) is 43.4 Å². The van der Waals surface area contributed by atoms with Crippen LogP contribution >= 0.6 is 15.9 Å². The predicted molar refractivity (Wildman–Crippen MR) is 168 cm³/mol. The highest BCUT2D eigenvalue weighted by Gasteiger charge is 2.31. The van der Waals surface area contributed by atoms with Gasteiger partial charge in [0.1, 0.15) is 0 Å². The highest BCUT2D eigenvalue weighted by atomic mass is 79.9. The maximum absolute atomic E-state index is 13.5. The number of allylic oxidation sites excluding steroid dienone is 2. The Labute approximate surface area is 265 Å². The van der Waals surface area contributed by atoms with E-state index < -0.39 is 35.1 Å². The molecular weight excluding hydrogens is 657 g/mol. The summed E-state index contributed by atoms with van der Waals surface area (Å²) in [5, 5.41) is 23.1. The number of rotatable bonds is 11. The first-order valence-corrected chi connectivity index (χ1v) is 14.9. The van der Waals surface area contributed by atoms with Crippen LogP contribution in [0.5, 0.6) is 0 Å². The van der Waals surface area contributed by atoms with Crippen LogP contribution in [0.3, 0.4) is 0 Å². The number of alkyl halides is 3. The van der Waals surface area contributed by atoms with Crippen molar-refractivity contribution in [1.29, 1.82) is 0 Å². The number of nitro groups is 1. The van der Waals surface area contributed by atoms with Gasteiger partial charge in [-0.05, 0) is 84.8 Å². The quantitative estimate of drug-likeness (QED) is 0.0924. The Bertz CT molecular complexity index is 1610. The van der Waals surface area contributed by atoms with E-state index in [9.17, 15) is 32.9 Å². The molecule has 1 aliphatic rings. The first kappa shape index (κ1) is 33.4. The molecule has 0 unspecified atom stereocenters. The summed E-state index contributed by atoms with van der Waals surface area (Å²) in [5.74, 6) is -1.59. The number of hydrogen-bond acceptors (Lipinski definition) is 5. The highest BCUT2D eigenvalue weighted by molar-refractivity contribution is 9.10. The Morgan fingerprint density at radius 1 is 1.04 bits per heavy atom. The smallest absolute Gasteiger partial charge is 0.416 e. The number of carbonyl (C=O) groups is 2. The second-order valence-electron chi connectivity index (χ2n) is 10.4. The number of nitrogens with zero attached hydrogens (tertiary/aromatic N) is 3. The molecule has 4 rings (SSSR count). The third-order valence-electron chi connectivity index (χ3n) is 7.07. The second-order valence-corrected chi connectivity index (χ2v) is 11.3. The number of aliphatic imine (C=N–C) groups is 1. The lowest BCUT2D eigenvalue weighted by molar-refractivity contribution is -0.463. The molecule has 0 aliphatic heterocycles. The fraction of sp³-hybridized carbons (Fsp3) is 0.281. The van der Waals surface area contributed by atoms with E-state index >= 15 is 0 Å². The Hall–Kier alpha value is -4.52. The Morgan fingerprint density at radius 3 is 2.36 bits per heavy atom. The van der Waals surface area contributed by atoms with Crippen molar-refractivity contribution in [2.75, 3.05) is 18.0 Å². The molecule has 13 heteroatoms. The third kappa shape index (κ3) is 9.73. The number of carboxylic acid groups (broad SMARTS) is 1. The van der Waals surface area contributed by atoms with Gasteiger partial charge in [0, 0.05) is 33.7 Å². The molecule has 3 aromatic rings. The van der Waals surface area contributed by atoms with Gasteiger partial charge in [-0.2, -0.15) is 13.2 Å². The normalized spacial score (nSPS) is 13.6. The van der Waals surface area contributed by atoms with E-state index in [1.807, 2.05) is 12.1 Å². The summed E-state index contributed by atoms with van der Waals surface area (Å²) in [5.41, 5.74) is 2.63. The molecule has 236 valence electrons. The average Bonchev–Trinajstić information content (AvgIpc) is 2.99. The van der Waals surface area contributed by atoms with Crippen molar-refractivity contribution in [3.05, 3.63) is 110 Å². The van der Waals surface area contributed by atoms with Gasteiger partial charge in [-0.1, -0.05) is 46.3 Å². The van der Waals surface area contributed by atoms with Gasteiger partial charge in [0.15, 0.2) is 5.84 Å². The van der Waals surface area contributed by atoms with Crippen molar-refractivity contribution in [2.45, 2.75) is 44.8 Å². The molecule has 0 bridgehead atoms. The van der Waals surface area contributed by atoms with E-state index in [0.29, 0.717) is 11.3 Å². The standard InChI is InChI=1S/C32H30BrF3N4O5/c33-26-16-25(32(34,35)36)17-27(18-26)38-29(20-40(44)45)39(28-12-10-23(11-13-28)22-4-2-1-3-5-22)19-21-6-8-24(9-7-21)31(43)37-15-14-30(41)42/h4,6-13,16-18H,1-3,5,14-15,19-20H2,(H,37,43)(H,41,42). The lowest BCUT2D eigenvalue weighted by atomic mass is 9.93. The maximum atomic E-state index is 13.5. The highest BCUT2D eigenvalue weighted by Crippen LogP contribution is 2.35. The van der Waals surface area contributed by atoms with Gasteiger partial charge < -0.3 is 15.3 Å². The number of benzene rings is 3. The summed E-state index contributed by atoms with van der Waals surface area (Å²) < 4.78 is 40.7. The number of amidine groups is 1. The number of halogens is 4. The summed E-state index contributed by atoms with van der Waals surface area (Å²) in [6.07, 6.45) is 1.46. The summed E-state index contributed by atoms with van der Waals surface area (Å²) in [6.45, 7) is -0.760. The van der Waals surface area contributed by atoms with Crippen LogP contribution in [-0.4, -0.2) is 40.8 Å². The third-order valence-corrected chi connectivity index (χ3v) is 7.53. The molecule has 0 radical (unpaired) electrons. The maximum Gasteiger partial charge on any atom is 0.416 e. The fourth-order valence-corrected chi connectivity index (χ4v) is 5.35. The van der Waals surface area contributed by atoms with Gasteiger partial charge in [0.05, 0.1) is 17.7 Å². The summed E-state index contributed by atoms with van der Waals surface area (Å²) >= 11 is 3.09. The van der Waals surface area contributed by atoms with E-state index in [-0.39, 0.29) is 41.1 Å². The molecule has 1 amide bonds. The molecule has 0 spiro atoms. The molecule has 0 atom stereocenters. The van der Waals surface area contributed by atoms with Crippen LogP contribution in [0.2, 0.25) is 0 Å². The van der Waals surface area contributed by atoms with E-state index in [1.54, 1.807) is 29.2 Å². The van der Waals surface area contributed by atoms with Crippen molar-refractivity contribution in [3.63, 3.8) is 0 Å². The molecule has 0 saturated heterocycles. The molecular formula is C32H30BrF3N4O5. The van der Waals surface area contributed by atoms with Gasteiger partial charge in [-0.3, -0.25) is 19.7 Å². The SMILES string of the molecule is O=C(O)CCNC(=O)c1ccc(CN(C(C[N+](=O)[O-])=Nc2cc(Br)cc(C(F)(F)F)c2)c2ccc(C3=CCCCC3)cc2)cc1. The fourth-order valence-electron chi connectivity index (χ4n) is 4.86. The minimum absolute atomic E-state index is 0.0387. The van der Waals surface area contributed by atoms with Crippen molar-refractivity contribution in [2.24, 2.45) is 4.99 Å². The molecule has 1 aliphatic carbocycles. The van der Waals surface area contributed by atoms with Crippen LogP contribution in [0.1, 0.15) is 59.2 Å². The van der Waals surface area contributed by atoms with Gasteiger partial charge in [-0.25, -0.2) is 4.99 Å². The number of nitrogens with one attached hydrogen (secondary N) is 1. The van der Waals surface area contributed by atoms with Crippen molar-refractivity contribution in [1.82, 2.24) is 5.32 Å². The van der Waals surface area contributed by atoms with E-state index in [4.69, 9.17) is 5.11 Å². The first-order chi connectivity index (χ1) is 21.4. The number of carbonyl (C=O) groups excluding carboxylic acids is 1. The zero-order chi connectivity index (χ0) is 32.6. The summed E-state index contributed by atoms with van der Waals surface area (Å²) in [4.78, 5) is 40.3. The van der Waals surface area contributed by atoms with Crippen LogP contribution in [-0.2, 0) is 17.5 Å². The Morgan fingerprint density at radius 2 is 1.76 bits per heavy atom.